The number of carbonyl (C=O) groups excluding carboxylic acids is 3. The second-order valence-electron chi connectivity index (χ2n) is 6.97. The van der Waals surface area contributed by atoms with Gasteiger partial charge in [-0.05, 0) is 17.7 Å². The van der Waals surface area contributed by atoms with Gasteiger partial charge in [-0.2, -0.15) is 5.10 Å². The third kappa shape index (κ3) is 3.96. The van der Waals surface area contributed by atoms with E-state index in [0.717, 1.165) is 16.8 Å². The van der Waals surface area contributed by atoms with Crippen LogP contribution in [0.5, 0.6) is 0 Å². The summed E-state index contributed by atoms with van der Waals surface area (Å²) in [4.78, 5) is 41.2. The van der Waals surface area contributed by atoms with Gasteiger partial charge in [-0.25, -0.2) is 9.67 Å². The van der Waals surface area contributed by atoms with E-state index in [1.807, 2.05) is 36.5 Å². The molecule has 152 valence electrons. The van der Waals surface area contributed by atoms with Crippen LogP contribution in [0.2, 0.25) is 0 Å². The van der Waals surface area contributed by atoms with Gasteiger partial charge >= 0.3 is 0 Å². The predicted molar refractivity (Wildman–Crippen MR) is 108 cm³/mol. The van der Waals surface area contributed by atoms with Gasteiger partial charge in [-0.1, -0.05) is 30.3 Å². The maximum Gasteiger partial charge on any atom is 0.287 e. The number of hydrogen-bond acceptors (Lipinski definition) is 6. The Morgan fingerprint density at radius 1 is 1.13 bits per heavy atom. The van der Waals surface area contributed by atoms with Gasteiger partial charge in [0.25, 0.3) is 11.8 Å². The molecule has 4 rings (SSSR count). The van der Waals surface area contributed by atoms with E-state index >= 15 is 0 Å². The van der Waals surface area contributed by atoms with Crippen molar-refractivity contribution in [2.45, 2.75) is 25.6 Å². The number of benzene rings is 1. The zero-order valence-corrected chi connectivity index (χ0v) is 16.0. The van der Waals surface area contributed by atoms with Crippen LogP contribution in [-0.2, 0) is 29.1 Å². The Morgan fingerprint density at radius 2 is 1.93 bits per heavy atom. The summed E-state index contributed by atoms with van der Waals surface area (Å²) in [6, 6.07) is 11.2. The van der Waals surface area contributed by atoms with Gasteiger partial charge < -0.3 is 16.4 Å². The molecule has 0 bridgehead atoms. The molecule has 4 N–H and O–H groups in total. The third-order valence-corrected chi connectivity index (χ3v) is 4.88. The zero-order chi connectivity index (χ0) is 21.1. The first-order valence-corrected chi connectivity index (χ1v) is 9.45. The number of nitrogens with zero attached hydrogens (tertiary/aromatic N) is 3. The molecule has 1 aliphatic rings. The first-order chi connectivity index (χ1) is 14.5. The Kier molecular flexibility index (Phi) is 5.36. The van der Waals surface area contributed by atoms with Crippen molar-refractivity contribution < 1.29 is 14.4 Å². The molecule has 1 atom stereocenters. The van der Waals surface area contributed by atoms with Crippen LogP contribution in [0.15, 0.2) is 54.9 Å². The van der Waals surface area contributed by atoms with Crippen molar-refractivity contribution in [2.75, 3.05) is 0 Å². The summed E-state index contributed by atoms with van der Waals surface area (Å²) >= 11 is 0. The molecule has 1 aromatic carbocycles. The smallest absolute Gasteiger partial charge is 0.287 e. The summed E-state index contributed by atoms with van der Waals surface area (Å²) in [5.74, 6) is -2.16. The van der Waals surface area contributed by atoms with Crippen LogP contribution < -0.4 is 16.4 Å². The fraction of sp³-hybridized carbons (Fsp3) is 0.190. The Labute approximate surface area is 172 Å². The Morgan fingerprint density at radius 3 is 2.67 bits per heavy atom. The van der Waals surface area contributed by atoms with Gasteiger partial charge in [0.2, 0.25) is 5.78 Å². The topological polar surface area (TPSA) is 132 Å². The lowest BCUT2D eigenvalue weighted by Crippen LogP contribution is -2.47. The average molecular weight is 404 g/mol. The number of nitrogens with one attached hydrogen (secondary N) is 2. The molecular weight excluding hydrogens is 384 g/mol. The Hall–Kier alpha value is -3.85. The van der Waals surface area contributed by atoms with E-state index in [0.29, 0.717) is 18.9 Å². The van der Waals surface area contributed by atoms with Crippen molar-refractivity contribution in [3.63, 3.8) is 0 Å². The normalized spacial score (nSPS) is 13.5. The molecule has 30 heavy (non-hydrogen) atoms. The molecule has 0 saturated carbocycles. The minimum atomic E-state index is -1.10. The minimum Gasteiger partial charge on any atom is -0.363 e. The largest absolute Gasteiger partial charge is 0.363 e. The van der Waals surface area contributed by atoms with Crippen molar-refractivity contribution in [2.24, 2.45) is 5.73 Å². The molecule has 0 fully saturated rings. The van der Waals surface area contributed by atoms with Crippen molar-refractivity contribution in [3.8, 4) is 5.82 Å². The SMILES string of the molecule is NC(=O)C(=O)C(Cc1ccccc1)NC(=O)c1cccnc1-n1cc2c(n1)CNC2. The van der Waals surface area contributed by atoms with Gasteiger partial charge in [-0.15, -0.1) is 0 Å². The number of hydrogen-bond donors (Lipinski definition) is 3. The number of aromatic nitrogens is 3. The van der Waals surface area contributed by atoms with Crippen LogP contribution in [0.4, 0.5) is 0 Å². The van der Waals surface area contributed by atoms with E-state index in [4.69, 9.17) is 5.73 Å². The first-order valence-electron chi connectivity index (χ1n) is 9.45. The third-order valence-electron chi connectivity index (χ3n) is 4.88. The van der Waals surface area contributed by atoms with Gasteiger partial charge in [0.1, 0.15) is 6.04 Å². The van der Waals surface area contributed by atoms with Gasteiger partial charge in [0.05, 0.1) is 11.3 Å². The molecule has 9 heteroatoms. The van der Waals surface area contributed by atoms with Crippen molar-refractivity contribution in [1.29, 1.82) is 0 Å². The van der Waals surface area contributed by atoms with E-state index < -0.39 is 23.6 Å². The predicted octanol–water partition coefficient (Wildman–Crippen LogP) is 0.266. The molecule has 0 aliphatic carbocycles. The highest BCUT2D eigenvalue weighted by Gasteiger charge is 2.27. The highest BCUT2D eigenvalue weighted by Crippen LogP contribution is 2.18. The molecule has 3 heterocycles. The van der Waals surface area contributed by atoms with Crippen LogP contribution in [0, 0.1) is 0 Å². The molecule has 0 radical (unpaired) electrons. The monoisotopic (exact) mass is 404 g/mol. The fourth-order valence-corrected chi connectivity index (χ4v) is 3.39. The van der Waals surface area contributed by atoms with Gasteiger partial charge in [-0.3, -0.25) is 14.4 Å². The summed E-state index contributed by atoms with van der Waals surface area (Å²) in [5.41, 5.74) is 8.16. The lowest BCUT2D eigenvalue weighted by Gasteiger charge is -2.17. The van der Waals surface area contributed by atoms with Gasteiger partial charge in [0, 0.05) is 37.5 Å². The quantitative estimate of drug-likeness (QED) is 0.484. The average Bonchev–Trinajstić information content (AvgIpc) is 3.35. The number of Topliss-reactive ketones (excluding diaryl/α,β-unsaturated/α-hetero) is 1. The molecular formula is C21H20N6O3. The Balaban J connectivity index is 1.61. The number of carbonyl (C=O) groups is 3. The summed E-state index contributed by atoms with van der Waals surface area (Å²) in [7, 11) is 0. The van der Waals surface area contributed by atoms with Crippen LogP contribution in [0.3, 0.4) is 0 Å². The molecule has 0 saturated heterocycles. The molecule has 1 aliphatic heterocycles. The first kappa shape index (κ1) is 19.5. The van der Waals surface area contributed by atoms with Crippen LogP contribution in [0.1, 0.15) is 27.2 Å². The maximum absolute atomic E-state index is 13.0. The molecule has 2 aromatic heterocycles. The lowest BCUT2D eigenvalue weighted by molar-refractivity contribution is -0.137. The number of amides is 2. The van der Waals surface area contributed by atoms with E-state index in [1.54, 1.807) is 23.0 Å². The van der Waals surface area contributed by atoms with E-state index in [2.05, 4.69) is 20.7 Å². The zero-order valence-electron chi connectivity index (χ0n) is 16.0. The van der Waals surface area contributed by atoms with Crippen LogP contribution >= 0.6 is 0 Å². The van der Waals surface area contributed by atoms with Crippen LogP contribution in [0.25, 0.3) is 5.82 Å². The standard InChI is InChI=1S/C21H20N6O3/c22-19(29)18(28)16(9-13-5-2-1-3-6-13)25-21(30)15-7-4-8-24-20(15)27-12-14-10-23-11-17(14)26-27/h1-8,12,16,23H,9-11H2,(H2,22,29)(H,25,30). The summed E-state index contributed by atoms with van der Waals surface area (Å²) < 4.78 is 1.56. The van der Waals surface area contributed by atoms with E-state index in [1.165, 1.54) is 0 Å². The lowest BCUT2D eigenvalue weighted by atomic mass is 10.0. The second-order valence-corrected chi connectivity index (χ2v) is 6.97. The van der Waals surface area contributed by atoms with Crippen molar-refractivity contribution in [3.05, 3.63) is 77.2 Å². The molecule has 1 unspecified atom stereocenters. The van der Waals surface area contributed by atoms with Gasteiger partial charge in [0.15, 0.2) is 5.82 Å². The van der Waals surface area contributed by atoms with Crippen molar-refractivity contribution in [1.82, 2.24) is 25.4 Å². The minimum absolute atomic E-state index is 0.145. The second kappa shape index (κ2) is 8.26. The van der Waals surface area contributed by atoms with Crippen molar-refractivity contribution >= 4 is 17.6 Å². The number of rotatable bonds is 7. The summed E-state index contributed by atoms with van der Waals surface area (Å²) in [6.45, 7) is 1.36. The number of pyridine rings is 1. The molecule has 9 nitrogen and oxygen atoms in total. The number of nitrogens with two attached hydrogens (primary N) is 1. The molecule has 0 spiro atoms. The summed E-state index contributed by atoms with van der Waals surface area (Å²) in [6.07, 6.45) is 3.53. The Bertz CT molecular complexity index is 1090. The molecule has 2 amide bonds. The highest BCUT2D eigenvalue weighted by molar-refractivity contribution is 6.38. The fourth-order valence-electron chi connectivity index (χ4n) is 3.39. The number of primary amides is 1. The van der Waals surface area contributed by atoms with E-state index in [-0.39, 0.29) is 12.0 Å². The van der Waals surface area contributed by atoms with E-state index in [9.17, 15) is 14.4 Å². The van der Waals surface area contributed by atoms with Crippen LogP contribution in [-0.4, -0.2) is 38.4 Å². The maximum atomic E-state index is 13.0. The molecule has 3 aromatic rings. The number of fused-ring (bicyclic) bond motifs is 1. The number of ketones is 1. The summed E-state index contributed by atoms with van der Waals surface area (Å²) in [5, 5.41) is 10.3. The highest BCUT2D eigenvalue weighted by atomic mass is 16.2.